The van der Waals surface area contributed by atoms with Gasteiger partial charge in [0.15, 0.2) is 0 Å². The van der Waals surface area contributed by atoms with E-state index in [1.165, 1.54) is 11.8 Å². The number of rotatable bonds is 4. The van der Waals surface area contributed by atoms with E-state index in [4.69, 9.17) is 4.74 Å². The summed E-state index contributed by atoms with van der Waals surface area (Å²) < 4.78 is 6.12. The molecule has 17 heavy (non-hydrogen) atoms. The van der Waals surface area contributed by atoms with Crippen LogP contribution in [0, 0.1) is 0 Å². The highest BCUT2D eigenvalue weighted by molar-refractivity contribution is 9.10. The number of carbonyl (C=O) groups excluding carboxylic acids is 1. The molecule has 0 aliphatic heterocycles. The van der Waals surface area contributed by atoms with E-state index in [0.717, 1.165) is 10.0 Å². The summed E-state index contributed by atoms with van der Waals surface area (Å²) in [6, 6.07) is 5.10. The number of aliphatic hydroxyl groups is 1. The minimum Gasteiger partial charge on any atom is -0.496 e. The van der Waals surface area contributed by atoms with Crippen LogP contribution in [0.1, 0.15) is 18.5 Å². The molecule has 1 rings (SSSR count). The summed E-state index contributed by atoms with van der Waals surface area (Å²) >= 11 is 3.37. The normalized spacial score (nSPS) is 12.1. The third-order valence-corrected chi connectivity index (χ3v) is 3.18. The summed E-state index contributed by atoms with van der Waals surface area (Å²) in [6.45, 7) is 1.32. The first kappa shape index (κ1) is 14.0. The maximum absolute atomic E-state index is 11.4. The van der Waals surface area contributed by atoms with Gasteiger partial charge in [-0.25, -0.2) is 0 Å². The number of carbonyl (C=O) groups is 1. The molecule has 0 radical (unpaired) electrons. The lowest BCUT2D eigenvalue weighted by Crippen LogP contribution is -2.31. The highest BCUT2D eigenvalue weighted by atomic mass is 79.9. The summed E-state index contributed by atoms with van der Waals surface area (Å²) in [7, 11) is 3.22. The van der Waals surface area contributed by atoms with E-state index in [1.807, 2.05) is 12.1 Å². The van der Waals surface area contributed by atoms with Crippen molar-refractivity contribution in [3.05, 3.63) is 28.2 Å². The molecule has 4 nitrogen and oxygen atoms in total. The summed E-state index contributed by atoms with van der Waals surface area (Å²) in [5, 5.41) is 9.44. The number of amides is 1. The summed E-state index contributed by atoms with van der Waals surface area (Å²) in [5.41, 5.74) is 0.780. The molecule has 0 fully saturated rings. The summed E-state index contributed by atoms with van der Waals surface area (Å²) in [6.07, 6.45) is 0. The van der Waals surface area contributed by atoms with Crippen LogP contribution >= 0.6 is 15.9 Å². The Morgan fingerprint density at radius 3 is 2.71 bits per heavy atom. The molecule has 1 N–H and O–H groups in total. The second-order valence-corrected chi connectivity index (χ2v) is 4.63. The SMILES string of the molecule is COc1ccc(Br)cc1C(CO)N(C)C(C)=O. The van der Waals surface area contributed by atoms with Gasteiger partial charge in [-0.1, -0.05) is 15.9 Å². The van der Waals surface area contributed by atoms with E-state index in [1.54, 1.807) is 20.2 Å². The van der Waals surface area contributed by atoms with Crippen LogP contribution in [0.2, 0.25) is 0 Å². The smallest absolute Gasteiger partial charge is 0.219 e. The lowest BCUT2D eigenvalue weighted by atomic mass is 10.1. The number of hydrogen-bond acceptors (Lipinski definition) is 3. The molecule has 0 aromatic heterocycles. The van der Waals surface area contributed by atoms with Gasteiger partial charge in [-0.2, -0.15) is 0 Å². The van der Waals surface area contributed by atoms with Crippen LogP contribution in [0.4, 0.5) is 0 Å². The topological polar surface area (TPSA) is 49.8 Å². The molecule has 1 amide bonds. The Balaban J connectivity index is 3.18. The molecular weight excluding hydrogens is 286 g/mol. The molecule has 0 aliphatic carbocycles. The zero-order valence-electron chi connectivity index (χ0n) is 10.1. The Kier molecular flexibility index (Phi) is 4.96. The van der Waals surface area contributed by atoms with Crippen LogP contribution in [-0.2, 0) is 4.79 Å². The number of hydrogen-bond donors (Lipinski definition) is 1. The van der Waals surface area contributed by atoms with Gasteiger partial charge < -0.3 is 14.7 Å². The number of benzene rings is 1. The summed E-state index contributed by atoms with van der Waals surface area (Å²) in [4.78, 5) is 12.9. The predicted molar refractivity (Wildman–Crippen MR) is 69.0 cm³/mol. The van der Waals surface area contributed by atoms with Gasteiger partial charge >= 0.3 is 0 Å². The fraction of sp³-hybridized carbons (Fsp3) is 0.417. The fourth-order valence-electron chi connectivity index (χ4n) is 1.61. The van der Waals surface area contributed by atoms with Crippen molar-refractivity contribution in [1.29, 1.82) is 0 Å². The lowest BCUT2D eigenvalue weighted by Gasteiger charge is -2.27. The van der Waals surface area contributed by atoms with E-state index in [2.05, 4.69) is 15.9 Å². The highest BCUT2D eigenvalue weighted by Gasteiger charge is 2.22. The molecule has 0 saturated carbocycles. The minimum atomic E-state index is -0.403. The largest absolute Gasteiger partial charge is 0.496 e. The molecule has 5 heteroatoms. The Hall–Kier alpha value is -1.07. The Labute approximate surface area is 109 Å². The van der Waals surface area contributed by atoms with Gasteiger partial charge in [0, 0.05) is 24.0 Å². The maximum atomic E-state index is 11.4. The molecule has 0 spiro atoms. The van der Waals surface area contributed by atoms with Crippen molar-refractivity contribution >= 4 is 21.8 Å². The first-order valence-electron chi connectivity index (χ1n) is 5.19. The van der Waals surface area contributed by atoms with Crippen molar-refractivity contribution in [2.45, 2.75) is 13.0 Å². The monoisotopic (exact) mass is 301 g/mol. The van der Waals surface area contributed by atoms with Crippen LogP contribution in [0.5, 0.6) is 5.75 Å². The van der Waals surface area contributed by atoms with E-state index < -0.39 is 6.04 Å². The van der Waals surface area contributed by atoms with Crippen LogP contribution in [0.3, 0.4) is 0 Å². The lowest BCUT2D eigenvalue weighted by molar-refractivity contribution is -0.130. The molecule has 0 aliphatic rings. The summed E-state index contributed by atoms with van der Waals surface area (Å²) in [5.74, 6) is 0.548. The van der Waals surface area contributed by atoms with Crippen molar-refractivity contribution in [2.24, 2.45) is 0 Å². The average Bonchev–Trinajstić information content (AvgIpc) is 2.30. The van der Waals surface area contributed by atoms with Crippen molar-refractivity contribution in [1.82, 2.24) is 4.90 Å². The number of aliphatic hydroxyl groups excluding tert-OH is 1. The fourth-order valence-corrected chi connectivity index (χ4v) is 1.99. The molecule has 1 aromatic rings. The zero-order valence-corrected chi connectivity index (χ0v) is 11.7. The number of nitrogens with zero attached hydrogens (tertiary/aromatic N) is 1. The highest BCUT2D eigenvalue weighted by Crippen LogP contribution is 2.31. The number of likely N-dealkylation sites (N-methyl/N-ethyl adjacent to an activating group) is 1. The van der Waals surface area contributed by atoms with Gasteiger partial charge in [-0.3, -0.25) is 4.79 Å². The second-order valence-electron chi connectivity index (χ2n) is 3.71. The van der Waals surface area contributed by atoms with E-state index in [0.29, 0.717) is 5.75 Å². The van der Waals surface area contributed by atoms with E-state index in [9.17, 15) is 9.90 Å². The van der Waals surface area contributed by atoms with Crippen LogP contribution in [-0.4, -0.2) is 36.7 Å². The zero-order chi connectivity index (χ0) is 13.0. The third kappa shape index (κ3) is 3.20. The molecule has 1 unspecified atom stereocenters. The Bertz CT molecular complexity index is 409. The van der Waals surface area contributed by atoms with E-state index >= 15 is 0 Å². The maximum Gasteiger partial charge on any atom is 0.219 e. The molecular formula is C12H16BrNO3. The van der Waals surface area contributed by atoms with Gasteiger partial charge in [-0.15, -0.1) is 0 Å². The molecule has 1 aromatic carbocycles. The van der Waals surface area contributed by atoms with Crippen molar-refractivity contribution in [3.63, 3.8) is 0 Å². The first-order valence-corrected chi connectivity index (χ1v) is 5.98. The number of methoxy groups -OCH3 is 1. The van der Waals surface area contributed by atoms with E-state index in [-0.39, 0.29) is 12.5 Å². The predicted octanol–water partition coefficient (Wildman–Crippen LogP) is 1.97. The number of ether oxygens (including phenoxy) is 1. The first-order chi connectivity index (χ1) is 8.01. The molecule has 0 heterocycles. The van der Waals surface area contributed by atoms with Crippen LogP contribution in [0.15, 0.2) is 22.7 Å². The molecule has 94 valence electrons. The quantitative estimate of drug-likeness (QED) is 0.925. The Morgan fingerprint density at radius 2 is 2.24 bits per heavy atom. The molecule has 0 bridgehead atoms. The minimum absolute atomic E-state index is 0.105. The standard InChI is InChI=1S/C12H16BrNO3/c1-8(16)14(2)11(7-15)10-6-9(13)4-5-12(10)17-3/h4-6,11,15H,7H2,1-3H3. The molecule has 1 atom stereocenters. The van der Waals surface area contributed by atoms with Crippen molar-refractivity contribution in [2.75, 3.05) is 20.8 Å². The van der Waals surface area contributed by atoms with Gasteiger partial charge in [0.1, 0.15) is 5.75 Å². The van der Waals surface area contributed by atoms with Crippen LogP contribution < -0.4 is 4.74 Å². The number of halogens is 1. The van der Waals surface area contributed by atoms with Gasteiger partial charge in [-0.05, 0) is 18.2 Å². The third-order valence-electron chi connectivity index (χ3n) is 2.69. The Morgan fingerprint density at radius 1 is 1.59 bits per heavy atom. The van der Waals surface area contributed by atoms with Gasteiger partial charge in [0.05, 0.1) is 19.8 Å². The average molecular weight is 302 g/mol. The van der Waals surface area contributed by atoms with Crippen molar-refractivity contribution < 1.29 is 14.6 Å². The van der Waals surface area contributed by atoms with Gasteiger partial charge in [0.25, 0.3) is 0 Å². The molecule has 0 saturated heterocycles. The van der Waals surface area contributed by atoms with Gasteiger partial charge in [0.2, 0.25) is 5.91 Å². The van der Waals surface area contributed by atoms with Crippen molar-refractivity contribution in [3.8, 4) is 5.75 Å². The van der Waals surface area contributed by atoms with Crippen LogP contribution in [0.25, 0.3) is 0 Å². The second kappa shape index (κ2) is 6.02.